The minimum absolute atomic E-state index is 0.552. The topological polar surface area (TPSA) is 34.1 Å². The summed E-state index contributed by atoms with van der Waals surface area (Å²) < 4.78 is 6.68. The molecular weight excluding hydrogens is 328 g/mol. The Labute approximate surface area is 134 Å². The first kappa shape index (κ1) is 16.0. The van der Waals surface area contributed by atoms with Gasteiger partial charge in [0.15, 0.2) is 0 Å². The summed E-state index contributed by atoms with van der Waals surface area (Å²) in [5, 5.41) is 3.45. The van der Waals surface area contributed by atoms with Gasteiger partial charge in [0.05, 0.1) is 6.20 Å². The van der Waals surface area contributed by atoms with Gasteiger partial charge in [-0.2, -0.15) is 0 Å². The lowest BCUT2D eigenvalue weighted by Gasteiger charge is -2.10. The number of pyridine rings is 1. The van der Waals surface area contributed by atoms with Gasteiger partial charge < -0.3 is 10.1 Å². The zero-order chi connectivity index (χ0) is 15.1. The van der Waals surface area contributed by atoms with Gasteiger partial charge in [-0.1, -0.05) is 38.1 Å². The zero-order valence-electron chi connectivity index (χ0n) is 12.5. The fourth-order valence-corrected chi connectivity index (χ4v) is 2.32. The van der Waals surface area contributed by atoms with E-state index in [1.54, 1.807) is 12.4 Å². The van der Waals surface area contributed by atoms with E-state index in [0.717, 1.165) is 23.3 Å². The average Bonchev–Trinajstić information content (AvgIpc) is 2.45. The van der Waals surface area contributed by atoms with Crippen LogP contribution in [0.3, 0.4) is 0 Å². The fourth-order valence-electron chi connectivity index (χ4n) is 1.97. The molecule has 0 amide bonds. The molecule has 0 unspecified atom stereocenters. The fraction of sp³-hybridized carbons (Fsp3) is 0.353. The predicted octanol–water partition coefficient (Wildman–Crippen LogP) is 4.17. The lowest BCUT2D eigenvalue weighted by molar-refractivity contribution is 0.304. The van der Waals surface area contributed by atoms with Crippen molar-refractivity contribution in [2.75, 3.05) is 6.54 Å². The van der Waals surface area contributed by atoms with Crippen LogP contribution in [0.5, 0.6) is 5.75 Å². The Bertz CT molecular complexity index is 572. The van der Waals surface area contributed by atoms with Crippen molar-refractivity contribution in [2.45, 2.75) is 27.0 Å². The van der Waals surface area contributed by atoms with E-state index in [2.05, 4.69) is 64.3 Å². The maximum Gasteiger partial charge on any atom is 0.139 e. The molecule has 0 spiro atoms. The molecule has 0 aliphatic rings. The van der Waals surface area contributed by atoms with Crippen LogP contribution in [0.4, 0.5) is 0 Å². The molecule has 1 heterocycles. The molecule has 1 N–H and O–H groups in total. The molecule has 1 aromatic heterocycles. The number of ether oxygens (including phenoxy) is 1. The first-order valence-corrected chi connectivity index (χ1v) is 7.94. The Morgan fingerprint density at radius 3 is 2.76 bits per heavy atom. The first-order chi connectivity index (χ1) is 10.1. The van der Waals surface area contributed by atoms with Gasteiger partial charge in [0.2, 0.25) is 0 Å². The number of hydrogen-bond donors (Lipinski definition) is 1. The van der Waals surface area contributed by atoms with Crippen molar-refractivity contribution in [2.24, 2.45) is 5.92 Å². The summed E-state index contributed by atoms with van der Waals surface area (Å²) >= 11 is 3.39. The molecule has 0 aliphatic heterocycles. The molecule has 0 radical (unpaired) electrons. The lowest BCUT2D eigenvalue weighted by atomic mass is 10.1. The van der Waals surface area contributed by atoms with Crippen LogP contribution in [0.15, 0.2) is 47.2 Å². The van der Waals surface area contributed by atoms with E-state index >= 15 is 0 Å². The number of nitrogens with one attached hydrogen (secondary N) is 1. The number of hydrogen-bond acceptors (Lipinski definition) is 3. The highest BCUT2D eigenvalue weighted by Crippen LogP contribution is 2.17. The van der Waals surface area contributed by atoms with Crippen molar-refractivity contribution in [3.8, 4) is 5.75 Å². The van der Waals surface area contributed by atoms with E-state index in [1.807, 2.05) is 6.07 Å². The van der Waals surface area contributed by atoms with E-state index in [4.69, 9.17) is 4.74 Å². The molecule has 1 aromatic carbocycles. The van der Waals surface area contributed by atoms with Crippen LogP contribution < -0.4 is 10.1 Å². The molecule has 4 heteroatoms. The number of nitrogens with zero attached hydrogens (tertiary/aromatic N) is 1. The molecule has 0 saturated carbocycles. The summed E-state index contributed by atoms with van der Waals surface area (Å²) in [6.45, 7) is 6.90. The van der Waals surface area contributed by atoms with Crippen LogP contribution >= 0.6 is 15.9 Å². The van der Waals surface area contributed by atoms with Crippen LogP contribution in [0.2, 0.25) is 0 Å². The Balaban J connectivity index is 1.88. The van der Waals surface area contributed by atoms with Crippen LogP contribution in [-0.4, -0.2) is 11.5 Å². The highest BCUT2D eigenvalue weighted by Gasteiger charge is 2.00. The van der Waals surface area contributed by atoms with Crippen molar-refractivity contribution < 1.29 is 4.74 Å². The summed E-state index contributed by atoms with van der Waals surface area (Å²) in [5.74, 6) is 1.44. The normalized spacial score (nSPS) is 10.9. The maximum atomic E-state index is 5.76. The summed E-state index contributed by atoms with van der Waals surface area (Å²) in [6.07, 6.45) is 3.46. The lowest BCUT2D eigenvalue weighted by Crippen LogP contribution is -2.19. The highest BCUT2D eigenvalue weighted by atomic mass is 79.9. The Morgan fingerprint density at radius 1 is 1.19 bits per heavy atom. The second-order valence-corrected chi connectivity index (χ2v) is 6.39. The molecule has 0 saturated heterocycles. The van der Waals surface area contributed by atoms with Gasteiger partial charge in [0, 0.05) is 17.2 Å². The Morgan fingerprint density at radius 2 is 2.00 bits per heavy atom. The minimum atomic E-state index is 0.552. The minimum Gasteiger partial charge on any atom is -0.487 e. The Kier molecular flexibility index (Phi) is 6.21. The van der Waals surface area contributed by atoms with E-state index < -0.39 is 0 Å². The van der Waals surface area contributed by atoms with Crippen LogP contribution in [0.1, 0.15) is 25.0 Å². The quantitative estimate of drug-likeness (QED) is 0.815. The molecule has 21 heavy (non-hydrogen) atoms. The van der Waals surface area contributed by atoms with Crippen molar-refractivity contribution in [3.63, 3.8) is 0 Å². The van der Waals surface area contributed by atoms with Crippen LogP contribution in [0, 0.1) is 5.92 Å². The van der Waals surface area contributed by atoms with Crippen molar-refractivity contribution in [1.82, 2.24) is 10.3 Å². The summed E-state index contributed by atoms with van der Waals surface area (Å²) in [5.41, 5.74) is 2.45. The Hall–Kier alpha value is -1.39. The van der Waals surface area contributed by atoms with Crippen molar-refractivity contribution in [1.29, 1.82) is 0 Å². The molecule has 0 fully saturated rings. The molecule has 2 aromatic rings. The summed E-state index contributed by atoms with van der Waals surface area (Å²) in [6, 6.07) is 10.4. The third-order valence-electron chi connectivity index (χ3n) is 2.96. The monoisotopic (exact) mass is 348 g/mol. The van der Waals surface area contributed by atoms with E-state index in [9.17, 15) is 0 Å². The molecule has 0 atom stereocenters. The number of halogens is 1. The molecule has 2 rings (SSSR count). The third-order valence-corrected chi connectivity index (χ3v) is 3.39. The maximum absolute atomic E-state index is 5.76. The van der Waals surface area contributed by atoms with Gasteiger partial charge >= 0.3 is 0 Å². The van der Waals surface area contributed by atoms with E-state index in [0.29, 0.717) is 12.5 Å². The molecule has 0 bridgehead atoms. The third kappa shape index (κ3) is 5.86. The van der Waals surface area contributed by atoms with Crippen LogP contribution in [-0.2, 0) is 13.2 Å². The van der Waals surface area contributed by atoms with Gasteiger partial charge in [-0.3, -0.25) is 4.98 Å². The van der Waals surface area contributed by atoms with Gasteiger partial charge in [-0.25, -0.2) is 0 Å². The number of aromatic nitrogens is 1. The predicted molar refractivity (Wildman–Crippen MR) is 89.3 cm³/mol. The van der Waals surface area contributed by atoms with E-state index in [1.165, 1.54) is 11.1 Å². The van der Waals surface area contributed by atoms with E-state index in [-0.39, 0.29) is 0 Å². The first-order valence-electron chi connectivity index (χ1n) is 7.15. The van der Waals surface area contributed by atoms with Gasteiger partial charge in [0.25, 0.3) is 0 Å². The second kappa shape index (κ2) is 8.15. The summed E-state index contributed by atoms with van der Waals surface area (Å²) in [7, 11) is 0. The smallest absolute Gasteiger partial charge is 0.139 e. The zero-order valence-corrected chi connectivity index (χ0v) is 14.1. The van der Waals surface area contributed by atoms with Gasteiger partial charge in [0.1, 0.15) is 12.4 Å². The largest absolute Gasteiger partial charge is 0.487 e. The molecule has 112 valence electrons. The highest BCUT2D eigenvalue weighted by molar-refractivity contribution is 9.10. The summed E-state index contributed by atoms with van der Waals surface area (Å²) in [4.78, 5) is 4.09. The van der Waals surface area contributed by atoms with Crippen molar-refractivity contribution in [3.05, 3.63) is 58.3 Å². The molecule has 3 nitrogen and oxygen atoms in total. The van der Waals surface area contributed by atoms with Gasteiger partial charge in [-0.05, 0) is 45.6 Å². The SMILES string of the molecule is CC(C)CNCc1cccc(COc2cncc(Br)c2)c1. The van der Waals surface area contributed by atoms with Crippen LogP contribution in [0.25, 0.3) is 0 Å². The number of rotatable bonds is 7. The average molecular weight is 349 g/mol. The van der Waals surface area contributed by atoms with Crippen molar-refractivity contribution >= 4 is 15.9 Å². The van der Waals surface area contributed by atoms with Gasteiger partial charge in [-0.15, -0.1) is 0 Å². The molecule has 0 aliphatic carbocycles. The molecular formula is C17H21BrN2O. The number of benzene rings is 1. The second-order valence-electron chi connectivity index (χ2n) is 5.47. The standard InChI is InChI=1S/C17H21BrN2O/c1-13(2)8-19-9-14-4-3-5-15(6-14)12-21-17-7-16(18)10-20-11-17/h3-7,10-11,13,19H,8-9,12H2,1-2H3.